The molecule has 0 nitrogen and oxygen atoms in total. The first-order chi connectivity index (χ1) is 4.85. The van der Waals surface area contributed by atoms with Crippen LogP contribution in [-0.2, 0) is 0 Å². The summed E-state index contributed by atoms with van der Waals surface area (Å²) in [5.41, 5.74) is 4.06. The summed E-state index contributed by atoms with van der Waals surface area (Å²) in [7, 11) is 0.966. The first-order valence-corrected chi connectivity index (χ1v) is 8.08. The molecular weight excluding hydrogens is 251 g/mol. The summed E-state index contributed by atoms with van der Waals surface area (Å²) >= 11 is 2.43. The van der Waals surface area contributed by atoms with Crippen molar-refractivity contribution >= 4 is 28.8 Å². The van der Waals surface area contributed by atoms with E-state index in [9.17, 15) is 0 Å². The highest BCUT2D eigenvalue weighted by Crippen LogP contribution is 2.11. The highest BCUT2D eigenvalue weighted by atomic mass is 127. The maximum absolute atomic E-state index is 2.43. The van der Waals surface area contributed by atoms with Crippen molar-refractivity contribution < 1.29 is 0 Å². The van der Waals surface area contributed by atoms with Gasteiger partial charge in [0.2, 0.25) is 0 Å². The molecule has 0 spiro atoms. The number of allylic oxidation sites excluding steroid dienone is 1. The van der Waals surface area contributed by atoms with Gasteiger partial charge < -0.3 is 0 Å². The van der Waals surface area contributed by atoms with Gasteiger partial charge in [-0.2, -0.15) is 0 Å². The summed E-state index contributed by atoms with van der Waals surface area (Å²) in [6.07, 6.45) is 5.22. The Morgan fingerprint density at radius 2 is 1.80 bits per heavy atom. The topological polar surface area (TPSA) is 0 Å². The summed E-state index contributed by atoms with van der Waals surface area (Å²) in [5, 5.41) is 0. The van der Waals surface area contributed by atoms with Gasteiger partial charge in [-0.05, 0) is 12.8 Å². The van der Waals surface area contributed by atoms with Crippen molar-refractivity contribution in [1.82, 2.24) is 0 Å². The molecule has 0 aromatic heterocycles. The van der Waals surface area contributed by atoms with Crippen molar-refractivity contribution in [2.75, 3.05) is 0 Å². The van der Waals surface area contributed by atoms with E-state index in [1.165, 1.54) is 25.7 Å². The zero-order chi connectivity index (χ0) is 7.82. The Labute approximate surface area is 79.5 Å². The molecular formula is C8H15ISi. The number of rotatable bonds is 5. The Hall–Kier alpha value is 0.687. The van der Waals surface area contributed by atoms with E-state index >= 15 is 0 Å². The van der Waals surface area contributed by atoms with Crippen LogP contribution in [0.4, 0.5) is 0 Å². The van der Waals surface area contributed by atoms with Crippen LogP contribution in [0.3, 0.4) is 0 Å². The van der Waals surface area contributed by atoms with Crippen LogP contribution in [-0.4, -0.2) is 7.02 Å². The van der Waals surface area contributed by atoms with Gasteiger partial charge in [0.1, 0.15) is 0 Å². The summed E-state index contributed by atoms with van der Waals surface area (Å²) in [5.74, 6) is 0. The average molecular weight is 266 g/mol. The van der Waals surface area contributed by atoms with E-state index < -0.39 is 0 Å². The fourth-order valence-corrected chi connectivity index (χ4v) is 2.75. The second kappa shape index (κ2) is 7.79. The fraction of sp³-hybridized carbons (Fsp3) is 0.750. The van der Waals surface area contributed by atoms with Crippen LogP contribution in [0.25, 0.3) is 0 Å². The van der Waals surface area contributed by atoms with Gasteiger partial charge >= 0.3 is 0 Å². The van der Waals surface area contributed by atoms with E-state index in [2.05, 4.69) is 41.3 Å². The Kier molecular flexibility index (Phi) is 8.33. The van der Waals surface area contributed by atoms with Crippen molar-refractivity contribution in [3.05, 3.63) is 11.3 Å². The summed E-state index contributed by atoms with van der Waals surface area (Å²) < 4.78 is 0. The number of halogens is 1. The summed E-state index contributed by atoms with van der Waals surface area (Å²) in [6.45, 7) is 4.50. The lowest BCUT2D eigenvalue weighted by molar-refractivity contribution is 0.806. The Morgan fingerprint density at radius 3 is 2.10 bits per heavy atom. The van der Waals surface area contributed by atoms with Crippen molar-refractivity contribution in [1.29, 1.82) is 0 Å². The second-order valence-corrected chi connectivity index (χ2v) is 4.79. The Morgan fingerprint density at radius 1 is 1.30 bits per heavy atom. The molecule has 0 saturated carbocycles. The van der Waals surface area contributed by atoms with Crippen LogP contribution >= 0.6 is 21.8 Å². The van der Waals surface area contributed by atoms with Crippen LogP contribution in [0.15, 0.2) is 11.3 Å². The van der Waals surface area contributed by atoms with Crippen molar-refractivity contribution in [2.45, 2.75) is 39.5 Å². The van der Waals surface area contributed by atoms with Gasteiger partial charge in [-0.1, -0.05) is 38.0 Å². The molecule has 0 aliphatic carbocycles. The van der Waals surface area contributed by atoms with E-state index in [-0.39, 0.29) is 0 Å². The molecule has 10 heavy (non-hydrogen) atoms. The number of hydrogen-bond donors (Lipinski definition) is 0. The molecule has 0 amide bonds. The minimum atomic E-state index is 0.966. The minimum absolute atomic E-state index is 0.966. The van der Waals surface area contributed by atoms with E-state index in [1.807, 2.05) is 0 Å². The zero-order valence-corrected chi connectivity index (χ0v) is 9.94. The Balaban J connectivity index is 3.60. The third-order valence-corrected chi connectivity index (χ3v) is 2.85. The van der Waals surface area contributed by atoms with Gasteiger partial charge in [0.05, 0.1) is 0 Å². The molecule has 0 N–H and O–H groups in total. The molecule has 2 radical (unpaired) electrons. The van der Waals surface area contributed by atoms with Crippen LogP contribution in [0, 0.1) is 0 Å². The first kappa shape index (κ1) is 10.7. The fourth-order valence-electron chi connectivity index (χ4n) is 0.989. The molecule has 0 fully saturated rings. The monoisotopic (exact) mass is 266 g/mol. The third kappa shape index (κ3) is 5.47. The van der Waals surface area contributed by atoms with Crippen molar-refractivity contribution in [3.63, 3.8) is 0 Å². The largest absolute Gasteiger partial charge is 0.161 e. The van der Waals surface area contributed by atoms with Gasteiger partial charge in [0.25, 0.3) is 0 Å². The van der Waals surface area contributed by atoms with E-state index in [4.69, 9.17) is 0 Å². The lowest BCUT2D eigenvalue weighted by Gasteiger charge is -2.01. The minimum Gasteiger partial charge on any atom is -0.118 e. The molecule has 0 saturated heterocycles. The average Bonchev–Trinajstić information content (AvgIpc) is 1.90. The Bertz CT molecular complexity index is 91.4. The number of hydrogen-bond acceptors (Lipinski definition) is 0. The molecule has 0 aromatic rings. The summed E-state index contributed by atoms with van der Waals surface area (Å²) in [4.78, 5) is 0. The normalized spacial score (nSPS) is 9.50. The lowest BCUT2D eigenvalue weighted by atomic mass is 10.1. The van der Waals surface area contributed by atoms with Crippen molar-refractivity contribution in [3.8, 4) is 0 Å². The maximum atomic E-state index is 2.43. The molecule has 0 aliphatic rings. The first-order valence-electron chi connectivity index (χ1n) is 3.89. The SMILES string of the molecule is CCCC(=C[Si]I)CCC. The van der Waals surface area contributed by atoms with Crippen LogP contribution in [0.5, 0.6) is 0 Å². The predicted octanol–water partition coefficient (Wildman–Crippen LogP) is 3.52. The van der Waals surface area contributed by atoms with Crippen LogP contribution in [0.1, 0.15) is 39.5 Å². The van der Waals surface area contributed by atoms with Gasteiger partial charge in [-0.25, -0.2) is 0 Å². The quantitative estimate of drug-likeness (QED) is 0.406. The highest BCUT2D eigenvalue weighted by Gasteiger charge is 1.92. The molecule has 0 rings (SSSR count). The van der Waals surface area contributed by atoms with Crippen LogP contribution in [0.2, 0.25) is 0 Å². The van der Waals surface area contributed by atoms with Gasteiger partial charge in [-0.3, -0.25) is 0 Å². The zero-order valence-electron chi connectivity index (χ0n) is 6.78. The summed E-state index contributed by atoms with van der Waals surface area (Å²) in [6, 6.07) is 0. The van der Waals surface area contributed by atoms with Crippen molar-refractivity contribution in [2.24, 2.45) is 0 Å². The molecule has 0 atom stereocenters. The lowest BCUT2D eigenvalue weighted by Crippen LogP contribution is -1.84. The van der Waals surface area contributed by atoms with E-state index in [1.54, 1.807) is 5.57 Å². The smallest absolute Gasteiger partial charge is 0.118 e. The molecule has 0 aromatic carbocycles. The second-order valence-electron chi connectivity index (χ2n) is 2.41. The van der Waals surface area contributed by atoms with Crippen LogP contribution < -0.4 is 0 Å². The van der Waals surface area contributed by atoms with E-state index in [0.29, 0.717) is 0 Å². The maximum Gasteiger partial charge on any atom is 0.161 e. The molecule has 0 bridgehead atoms. The van der Waals surface area contributed by atoms with Gasteiger partial charge in [0, 0.05) is 0 Å². The third-order valence-electron chi connectivity index (χ3n) is 1.40. The standard InChI is InChI=1S/C8H15ISi/c1-3-5-8(6-4-2)7-10-9/h7H,3-6H2,1-2H3. The highest BCUT2D eigenvalue weighted by molar-refractivity contribution is 14.1. The van der Waals surface area contributed by atoms with Gasteiger partial charge in [0.15, 0.2) is 7.02 Å². The molecule has 2 heteroatoms. The molecule has 0 aliphatic heterocycles. The van der Waals surface area contributed by atoms with Gasteiger partial charge in [-0.15, -0.1) is 21.8 Å². The van der Waals surface area contributed by atoms with E-state index in [0.717, 1.165) is 7.02 Å². The molecule has 58 valence electrons. The molecule has 0 heterocycles. The molecule has 0 unspecified atom stereocenters. The predicted molar refractivity (Wildman–Crippen MR) is 57.7 cm³/mol.